The second kappa shape index (κ2) is 4.91. The maximum atomic E-state index is 6.24. The topological polar surface area (TPSA) is 34.2 Å². The van der Waals surface area contributed by atoms with Gasteiger partial charge in [-0.25, -0.2) is 4.98 Å². The summed E-state index contributed by atoms with van der Waals surface area (Å²) in [6, 6.07) is 7.71. The Bertz CT molecular complexity index is 644. The molecule has 0 atom stereocenters. The molecule has 98 valence electrons. The van der Waals surface area contributed by atoms with Gasteiger partial charge in [0.2, 0.25) is 0 Å². The number of aromatic nitrogens is 1. The molecule has 2 aromatic rings. The van der Waals surface area contributed by atoms with E-state index in [1.807, 2.05) is 12.1 Å². The summed E-state index contributed by atoms with van der Waals surface area (Å²) >= 11 is 12.3. The summed E-state index contributed by atoms with van der Waals surface area (Å²) in [6.45, 7) is 0.738. The van der Waals surface area contributed by atoms with Crippen LogP contribution >= 0.6 is 23.2 Å². The van der Waals surface area contributed by atoms with Crippen LogP contribution in [0.5, 0.6) is 5.75 Å². The molecule has 0 amide bonds. The third kappa shape index (κ3) is 2.24. The van der Waals surface area contributed by atoms with Gasteiger partial charge in [-0.3, -0.25) is 0 Å². The van der Waals surface area contributed by atoms with E-state index in [1.165, 1.54) is 5.56 Å². The van der Waals surface area contributed by atoms with E-state index in [0.717, 1.165) is 30.0 Å². The van der Waals surface area contributed by atoms with Crippen LogP contribution in [-0.4, -0.2) is 18.6 Å². The Balaban J connectivity index is 2.11. The van der Waals surface area contributed by atoms with Crippen LogP contribution in [0.15, 0.2) is 24.3 Å². The van der Waals surface area contributed by atoms with Gasteiger partial charge in [0, 0.05) is 19.0 Å². The van der Waals surface area contributed by atoms with Gasteiger partial charge in [-0.15, -0.1) is 0 Å². The van der Waals surface area contributed by atoms with E-state index in [-0.39, 0.29) is 0 Å². The van der Waals surface area contributed by atoms with E-state index >= 15 is 0 Å². The first-order chi connectivity index (χ1) is 9.19. The molecule has 0 aliphatic carbocycles. The zero-order chi connectivity index (χ0) is 13.4. The Morgan fingerprint density at radius 1 is 1.21 bits per heavy atom. The van der Waals surface area contributed by atoms with E-state index in [0.29, 0.717) is 15.9 Å². The van der Waals surface area contributed by atoms with Crippen LogP contribution in [0, 0.1) is 0 Å². The maximum Gasteiger partial charge on any atom is 0.145 e. The fourth-order valence-electron chi connectivity index (χ4n) is 2.18. The quantitative estimate of drug-likeness (QED) is 0.908. The Kier molecular flexibility index (Phi) is 3.25. The predicted molar refractivity (Wildman–Crippen MR) is 78.4 cm³/mol. The largest absolute Gasteiger partial charge is 0.493 e. The lowest BCUT2D eigenvalue weighted by Gasteiger charge is -2.09. The first-order valence-corrected chi connectivity index (χ1v) is 6.74. The van der Waals surface area contributed by atoms with Crippen LogP contribution in [0.4, 0.5) is 5.82 Å². The number of benzene rings is 1. The summed E-state index contributed by atoms with van der Waals surface area (Å²) in [6.07, 6.45) is 0.924. The molecular weight excluding hydrogens is 283 g/mol. The first-order valence-electron chi connectivity index (χ1n) is 5.99. The van der Waals surface area contributed by atoms with Gasteiger partial charge in [0.15, 0.2) is 0 Å². The van der Waals surface area contributed by atoms with Crippen LogP contribution in [0.2, 0.25) is 10.0 Å². The van der Waals surface area contributed by atoms with Crippen LogP contribution in [0.1, 0.15) is 5.56 Å². The minimum atomic E-state index is 0.515. The smallest absolute Gasteiger partial charge is 0.145 e. The molecule has 0 spiro atoms. The van der Waals surface area contributed by atoms with Gasteiger partial charge in [-0.05, 0) is 29.8 Å². The van der Waals surface area contributed by atoms with E-state index in [1.54, 1.807) is 13.1 Å². The zero-order valence-corrected chi connectivity index (χ0v) is 11.8. The predicted octanol–water partition coefficient (Wildman–Crippen LogP) is 4.03. The van der Waals surface area contributed by atoms with Crippen molar-refractivity contribution in [2.24, 2.45) is 0 Å². The molecule has 0 saturated heterocycles. The zero-order valence-electron chi connectivity index (χ0n) is 10.3. The summed E-state index contributed by atoms with van der Waals surface area (Å²) in [7, 11) is 1.78. The van der Waals surface area contributed by atoms with E-state index in [2.05, 4.69) is 16.4 Å². The van der Waals surface area contributed by atoms with Crippen molar-refractivity contribution in [3.05, 3.63) is 39.9 Å². The lowest BCUT2D eigenvalue weighted by atomic mass is 10.1. The number of fused-ring (bicyclic) bond motifs is 1. The number of halogens is 2. The summed E-state index contributed by atoms with van der Waals surface area (Å²) in [4.78, 5) is 4.47. The fourth-order valence-corrected chi connectivity index (χ4v) is 2.74. The molecule has 0 saturated carbocycles. The molecule has 1 aromatic carbocycles. The Labute approximate surface area is 121 Å². The van der Waals surface area contributed by atoms with Crippen molar-refractivity contribution in [1.82, 2.24) is 4.98 Å². The van der Waals surface area contributed by atoms with Crippen molar-refractivity contribution in [2.75, 3.05) is 19.0 Å². The van der Waals surface area contributed by atoms with Gasteiger partial charge in [0.1, 0.15) is 11.6 Å². The third-order valence-corrected chi connectivity index (χ3v) is 3.71. The molecule has 0 bridgehead atoms. The highest BCUT2D eigenvalue weighted by molar-refractivity contribution is 6.37. The van der Waals surface area contributed by atoms with Crippen LogP contribution < -0.4 is 10.1 Å². The van der Waals surface area contributed by atoms with E-state index in [4.69, 9.17) is 27.9 Å². The normalized spacial score (nSPS) is 13.0. The lowest BCUT2D eigenvalue weighted by molar-refractivity contribution is 0.357. The second-order valence-electron chi connectivity index (χ2n) is 4.32. The average molecular weight is 295 g/mol. The molecule has 5 heteroatoms. The maximum absolute atomic E-state index is 6.24. The van der Waals surface area contributed by atoms with E-state index in [9.17, 15) is 0 Å². The summed E-state index contributed by atoms with van der Waals surface area (Å²) < 4.78 is 5.50. The van der Waals surface area contributed by atoms with Gasteiger partial charge >= 0.3 is 0 Å². The number of anilines is 1. The molecule has 0 fully saturated rings. The number of nitrogens with one attached hydrogen (secondary N) is 1. The standard InChI is InChI=1S/C14H12Cl2N2O/c1-17-14-11(16)7-10(15)13(18-14)9-2-3-12-8(6-9)4-5-19-12/h2-3,6-7H,4-5H2,1H3,(H,17,18). The van der Waals surface area contributed by atoms with Crippen molar-refractivity contribution < 1.29 is 4.74 Å². The molecule has 0 radical (unpaired) electrons. The number of nitrogens with zero attached hydrogens (tertiary/aromatic N) is 1. The van der Waals surface area contributed by atoms with Crippen molar-refractivity contribution in [3.8, 4) is 17.0 Å². The second-order valence-corrected chi connectivity index (χ2v) is 5.13. The average Bonchev–Trinajstić information content (AvgIpc) is 2.86. The SMILES string of the molecule is CNc1nc(-c2ccc3c(c2)CCO3)c(Cl)cc1Cl. The Hall–Kier alpha value is -1.45. The molecule has 1 aromatic heterocycles. The molecule has 1 N–H and O–H groups in total. The van der Waals surface area contributed by atoms with Crippen molar-refractivity contribution >= 4 is 29.0 Å². The third-order valence-electron chi connectivity index (χ3n) is 3.13. The highest BCUT2D eigenvalue weighted by Gasteiger charge is 2.15. The van der Waals surface area contributed by atoms with Gasteiger partial charge in [0.05, 0.1) is 22.3 Å². The summed E-state index contributed by atoms with van der Waals surface area (Å²) in [5, 5.41) is 4.02. The molecule has 19 heavy (non-hydrogen) atoms. The Morgan fingerprint density at radius 2 is 2.05 bits per heavy atom. The van der Waals surface area contributed by atoms with Crippen molar-refractivity contribution in [1.29, 1.82) is 0 Å². The van der Waals surface area contributed by atoms with Crippen molar-refractivity contribution in [3.63, 3.8) is 0 Å². The number of rotatable bonds is 2. The number of ether oxygens (including phenoxy) is 1. The Morgan fingerprint density at radius 3 is 2.84 bits per heavy atom. The summed E-state index contributed by atoms with van der Waals surface area (Å²) in [5.41, 5.74) is 2.89. The molecule has 3 rings (SSSR count). The number of hydrogen-bond acceptors (Lipinski definition) is 3. The van der Waals surface area contributed by atoms with Gasteiger partial charge in [0.25, 0.3) is 0 Å². The van der Waals surface area contributed by atoms with Gasteiger partial charge < -0.3 is 10.1 Å². The monoisotopic (exact) mass is 294 g/mol. The highest BCUT2D eigenvalue weighted by atomic mass is 35.5. The van der Waals surface area contributed by atoms with E-state index < -0.39 is 0 Å². The highest BCUT2D eigenvalue weighted by Crippen LogP contribution is 2.35. The van der Waals surface area contributed by atoms with Crippen molar-refractivity contribution in [2.45, 2.75) is 6.42 Å². The summed E-state index contributed by atoms with van der Waals surface area (Å²) in [5.74, 6) is 1.57. The molecule has 0 unspecified atom stereocenters. The number of hydrogen-bond donors (Lipinski definition) is 1. The molecular formula is C14H12Cl2N2O. The lowest BCUT2D eigenvalue weighted by Crippen LogP contribution is -1.96. The molecule has 1 aliphatic rings. The fraction of sp³-hybridized carbons (Fsp3) is 0.214. The van der Waals surface area contributed by atoms with Crippen LogP contribution in [-0.2, 0) is 6.42 Å². The van der Waals surface area contributed by atoms with Crippen LogP contribution in [0.3, 0.4) is 0 Å². The van der Waals surface area contributed by atoms with Gasteiger partial charge in [-0.2, -0.15) is 0 Å². The number of pyridine rings is 1. The first kappa shape index (κ1) is 12.6. The van der Waals surface area contributed by atoms with Gasteiger partial charge in [-0.1, -0.05) is 23.2 Å². The molecule has 1 aliphatic heterocycles. The minimum absolute atomic E-state index is 0.515. The minimum Gasteiger partial charge on any atom is -0.493 e. The van der Waals surface area contributed by atoms with Crippen LogP contribution in [0.25, 0.3) is 11.3 Å². The molecule has 3 nitrogen and oxygen atoms in total. The molecule has 2 heterocycles.